The molecule has 0 spiro atoms. The molecule has 1 heterocycles. The molecule has 0 aromatic carbocycles. The van der Waals surface area contributed by atoms with Gasteiger partial charge in [0, 0.05) is 26.2 Å². The van der Waals surface area contributed by atoms with Crippen LogP contribution in [0.25, 0.3) is 0 Å². The van der Waals surface area contributed by atoms with Crippen LogP contribution in [0.1, 0.15) is 176 Å². The highest BCUT2D eigenvalue weighted by molar-refractivity contribution is 5.68. The number of amides is 3. The van der Waals surface area contributed by atoms with Gasteiger partial charge in [0.15, 0.2) is 0 Å². The van der Waals surface area contributed by atoms with Crippen molar-refractivity contribution in [2.45, 2.75) is 182 Å². The highest BCUT2D eigenvalue weighted by atomic mass is 16.6. The van der Waals surface area contributed by atoms with Crippen LogP contribution < -0.4 is 10.6 Å². The van der Waals surface area contributed by atoms with Gasteiger partial charge in [-0.25, -0.2) is 4.79 Å². The van der Waals surface area contributed by atoms with Crippen LogP contribution in [0.5, 0.6) is 0 Å². The molecule has 1 saturated heterocycles. The Hall–Kier alpha value is -1.79. The minimum atomic E-state index is -0.372. The number of hydrogen-bond donors (Lipinski definition) is 2. The van der Waals surface area contributed by atoms with Gasteiger partial charge >= 0.3 is 6.09 Å². The molecule has 0 radical (unpaired) electrons. The summed E-state index contributed by atoms with van der Waals surface area (Å²) < 4.78 is 5.26. The topological polar surface area (TPSA) is 87.7 Å². The Morgan fingerprint density at radius 1 is 0.674 bits per heavy atom. The van der Waals surface area contributed by atoms with E-state index in [1.807, 2.05) is 20.8 Å². The van der Waals surface area contributed by atoms with Crippen molar-refractivity contribution in [3.8, 4) is 0 Å². The van der Waals surface area contributed by atoms with E-state index in [1.54, 1.807) is 4.90 Å². The molecule has 0 saturated carbocycles. The van der Waals surface area contributed by atoms with Gasteiger partial charge in [-0.05, 0) is 46.0 Å². The molecule has 3 amide bonds. The molecule has 7 heteroatoms. The molecule has 1 aliphatic rings. The molecule has 2 N–H and O–H groups in total. The molecule has 1 rings (SSSR count). The van der Waals surface area contributed by atoms with Gasteiger partial charge in [-0.1, -0.05) is 136 Å². The number of hydrogen-bond acceptors (Lipinski definition) is 4. The summed E-state index contributed by atoms with van der Waals surface area (Å²) in [6.45, 7) is 15.7. The van der Waals surface area contributed by atoms with Crippen LogP contribution in [-0.2, 0) is 14.3 Å². The summed E-state index contributed by atoms with van der Waals surface area (Å²) in [5, 5.41) is 5.39. The Labute approximate surface area is 267 Å². The van der Waals surface area contributed by atoms with E-state index in [-0.39, 0.29) is 11.7 Å². The first kappa shape index (κ1) is 43.3. The monoisotopic (exact) mass is 612 g/mol. The molecule has 43 heavy (non-hydrogen) atoms. The quantitative estimate of drug-likeness (QED) is 0.0840. The first-order valence-electron chi connectivity index (χ1n) is 18.0. The lowest BCUT2D eigenvalue weighted by molar-refractivity contribution is -0.110. The van der Waals surface area contributed by atoms with Gasteiger partial charge in [-0.2, -0.15) is 0 Å². The zero-order chi connectivity index (χ0) is 32.4. The van der Waals surface area contributed by atoms with Gasteiger partial charge in [0.25, 0.3) is 0 Å². The Morgan fingerprint density at radius 2 is 1.02 bits per heavy atom. The first-order chi connectivity index (χ1) is 20.7. The van der Waals surface area contributed by atoms with Crippen molar-refractivity contribution in [3.05, 3.63) is 0 Å². The molecule has 0 aliphatic carbocycles. The van der Waals surface area contributed by atoms with Gasteiger partial charge in [-0.3, -0.25) is 9.59 Å². The van der Waals surface area contributed by atoms with Crippen molar-refractivity contribution in [2.75, 3.05) is 26.2 Å². The highest BCUT2D eigenvalue weighted by Crippen LogP contribution is 2.18. The molecule has 1 unspecified atom stereocenters. The third kappa shape index (κ3) is 36.3. The zero-order valence-corrected chi connectivity index (χ0v) is 29.5. The third-order valence-electron chi connectivity index (χ3n) is 7.59. The van der Waals surface area contributed by atoms with Crippen molar-refractivity contribution in [1.29, 1.82) is 0 Å². The zero-order valence-electron chi connectivity index (χ0n) is 29.5. The predicted octanol–water partition coefficient (Wildman–Crippen LogP) is 9.57. The standard InChI is InChI=1S/2C13H27NO.C10H19NO2/c2*1-2-3-4-5-6-7-8-9-10-11-12-14-13-15;1-8-5-6-11(7-8)9(12)13-10(2,3)4/h2*13H,2-12H2,1H3,(H,14,15);8H,5-7H2,1-4H3. The number of likely N-dealkylation sites (tertiary alicyclic amines) is 1. The largest absolute Gasteiger partial charge is 0.444 e. The van der Waals surface area contributed by atoms with Gasteiger partial charge in [-0.15, -0.1) is 0 Å². The van der Waals surface area contributed by atoms with Gasteiger partial charge in [0.2, 0.25) is 12.8 Å². The third-order valence-corrected chi connectivity index (χ3v) is 7.59. The molecule has 1 atom stereocenters. The summed E-state index contributed by atoms with van der Waals surface area (Å²) in [6.07, 6.45) is 29.4. The van der Waals surface area contributed by atoms with E-state index in [4.69, 9.17) is 4.74 Å². The molecule has 1 fully saturated rings. The van der Waals surface area contributed by atoms with Crippen LogP contribution in [0, 0.1) is 5.92 Å². The maximum atomic E-state index is 11.5. The second-order valence-electron chi connectivity index (χ2n) is 13.3. The van der Waals surface area contributed by atoms with E-state index in [0.29, 0.717) is 5.92 Å². The lowest BCUT2D eigenvalue weighted by Gasteiger charge is -2.24. The van der Waals surface area contributed by atoms with Crippen LogP contribution in [-0.4, -0.2) is 55.6 Å². The normalized spacial score (nSPS) is 14.2. The summed E-state index contributed by atoms with van der Waals surface area (Å²) in [4.78, 5) is 33.2. The number of carbonyl (C=O) groups excluding carboxylic acids is 3. The average molecular weight is 612 g/mol. The van der Waals surface area contributed by atoms with Crippen LogP contribution in [0.15, 0.2) is 0 Å². The number of nitrogens with one attached hydrogen (secondary N) is 2. The van der Waals surface area contributed by atoms with Crippen LogP contribution in [0.4, 0.5) is 4.79 Å². The molecular weight excluding hydrogens is 538 g/mol. The van der Waals surface area contributed by atoms with Crippen LogP contribution in [0.3, 0.4) is 0 Å². The molecule has 7 nitrogen and oxygen atoms in total. The number of unbranched alkanes of at least 4 members (excludes halogenated alkanes) is 18. The van der Waals surface area contributed by atoms with Crippen molar-refractivity contribution >= 4 is 18.9 Å². The Kier molecular flexibility index (Phi) is 33.4. The predicted molar refractivity (Wildman–Crippen MR) is 183 cm³/mol. The second kappa shape index (κ2) is 33.1. The fourth-order valence-electron chi connectivity index (χ4n) is 4.97. The molecule has 0 aromatic rings. The molecule has 256 valence electrons. The highest BCUT2D eigenvalue weighted by Gasteiger charge is 2.27. The SMILES string of the molecule is CC1CCN(C(=O)OC(C)(C)C)C1.CCCCCCCCCCCCNC=O.CCCCCCCCCCCCNC=O. The van der Waals surface area contributed by atoms with E-state index in [0.717, 1.165) is 58.3 Å². The minimum Gasteiger partial charge on any atom is -0.444 e. The number of rotatable bonds is 24. The summed E-state index contributed by atoms with van der Waals surface area (Å²) >= 11 is 0. The maximum Gasteiger partial charge on any atom is 0.410 e. The van der Waals surface area contributed by atoms with Gasteiger partial charge < -0.3 is 20.3 Å². The Morgan fingerprint density at radius 3 is 1.30 bits per heavy atom. The van der Waals surface area contributed by atoms with E-state index in [9.17, 15) is 14.4 Å². The summed E-state index contributed by atoms with van der Waals surface area (Å²) in [5.74, 6) is 0.618. The summed E-state index contributed by atoms with van der Waals surface area (Å²) in [7, 11) is 0. The van der Waals surface area contributed by atoms with Crippen LogP contribution in [0.2, 0.25) is 0 Å². The Bertz CT molecular complexity index is 580. The molecule has 0 bridgehead atoms. The fourth-order valence-corrected chi connectivity index (χ4v) is 4.97. The lowest BCUT2D eigenvalue weighted by Crippen LogP contribution is -2.35. The lowest BCUT2D eigenvalue weighted by atomic mass is 10.1. The molecule has 0 aromatic heterocycles. The van der Waals surface area contributed by atoms with Crippen molar-refractivity contribution in [1.82, 2.24) is 15.5 Å². The number of ether oxygens (including phenoxy) is 1. The maximum absolute atomic E-state index is 11.5. The second-order valence-corrected chi connectivity index (χ2v) is 13.3. The fraction of sp³-hybridized carbons (Fsp3) is 0.917. The first-order valence-corrected chi connectivity index (χ1v) is 18.0. The van der Waals surface area contributed by atoms with Crippen molar-refractivity contribution in [3.63, 3.8) is 0 Å². The smallest absolute Gasteiger partial charge is 0.410 e. The van der Waals surface area contributed by atoms with Gasteiger partial charge in [0.05, 0.1) is 0 Å². The van der Waals surface area contributed by atoms with Gasteiger partial charge in [0.1, 0.15) is 5.60 Å². The minimum absolute atomic E-state index is 0.170. The van der Waals surface area contributed by atoms with E-state index in [2.05, 4.69) is 31.4 Å². The molecule has 1 aliphatic heterocycles. The van der Waals surface area contributed by atoms with Crippen molar-refractivity contribution < 1.29 is 19.1 Å². The number of carbonyl (C=O) groups is 3. The van der Waals surface area contributed by atoms with E-state index < -0.39 is 0 Å². The number of nitrogens with zero attached hydrogens (tertiary/aromatic N) is 1. The Balaban J connectivity index is 0. The van der Waals surface area contributed by atoms with E-state index >= 15 is 0 Å². The van der Waals surface area contributed by atoms with Crippen molar-refractivity contribution in [2.24, 2.45) is 5.92 Å². The molecular formula is C36H73N3O4. The summed E-state index contributed by atoms with van der Waals surface area (Å²) in [6, 6.07) is 0. The van der Waals surface area contributed by atoms with E-state index in [1.165, 1.54) is 116 Å². The van der Waals surface area contributed by atoms with Crippen LogP contribution >= 0.6 is 0 Å². The average Bonchev–Trinajstić information content (AvgIpc) is 3.41. The summed E-state index contributed by atoms with van der Waals surface area (Å²) in [5.41, 5.74) is -0.372.